The fourth-order valence-corrected chi connectivity index (χ4v) is 5.70. The van der Waals surface area contributed by atoms with Gasteiger partial charge in [-0.2, -0.15) is 4.31 Å². The van der Waals surface area contributed by atoms with Gasteiger partial charge in [-0.3, -0.25) is 0 Å². The predicted molar refractivity (Wildman–Crippen MR) is 106 cm³/mol. The van der Waals surface area contributed by atoms with Gasteiger partial charge in [0, 0.05) is 12.6 Å². The summed E-state index contributed by atoms with van der Waals surface area (Å²) in [4.78, 5) is 0.278. The van der Waals surface area contributed by atoms with E-state index in [2.05, 4.69) is 0 Å². The normalized spacial score (nSPS) is 35.0. The van der Waals surface area contributed by atoms with Crippen molar-refractivity contribution >= 4 is 10.0 Å². The second-order valence-electron chi connectivity index (χ2n) is 8.09. The minimum atomic E-state index is -3.59. The molecule has 3 rings (SSSR count). The number of aliphatic hydroxyl groups excluding tert-OH is 3. The Morgan fingerprint density at radius 1 is 1.17 bits per heavy atom. The van der Waals surface area contributed by atoms with E-state index in [0.717, 1.165) is 18.4 Å². The largest absolute Gasteiger partial charge is 0.388 e. The third-order valence-corrected chi connectivity index (χ3v) is 7.70. The number of sulfonamides is 1. The number of hydrogen-bond donors (Lipinski definition) is 3. The third kappa shape index (κ3) is 4.82. The molecule has 0 amide bonds. The molecule has 2 fully saturated rings. The first-order valence-corrected chi connectivity index (χ1v) is 11.5. The van der Waals surface area contributed by atoms with Crippen LogP contribution in [0.25, 0.3) is 0 Å². The van der Waals surface area contributed by atoms with Gasteiger partial charge < -0.3 is 24.8 Å². The summed E-state index contributed by atoms with van der Waals surface area (Å²) in [5.74, 6) is 0. The molecule has 2 saturated heterocycles. The molecule has 0 radical (unpaired) electrons. The van der Waals surface area contributed by atoms with Crippen molar-refractivity contribution < 1.29 is 33.2 Å². The maximum atomic E-state index is 13.1. The Labute approximate surface area is 172 Å². The van der Waals surface area contributed by atoms with Crippen molar-refractivity contribution in [1.82, 2.24) is 4.31 Å². The molecule has 3 N–H and O–H groups in total. The second-order valence-corrected chi connectivity index (χ2v) is 9.98. The first-order chi connectivity index (χ1) is 13.6. The smallest absolute Gasteiger partial charge is 0.243 e. The van der Waals surface area contributed by atoms with Crippen LogP contribution in [0.2, 0.25) is 0 Å². The van der Waals surface area contributed by atoms with E-state index in [4.69, 9.17) is 9.47 Å². The van der Waals surface area contributed by atoms with Gasteiger partial charge in [0.05, 0.1) is 17.1 Å². The van der Waals surface area contributed by atoms with Crippen molar-refractivity contribution in [3.63, 3.8) is 0 Å². The molecular weight excluding hydrogens is 398 g/mol. The van der Waals surface area contributed by atoms with Crippen molar-refractivity contribution in [2.45, 2.75) is 87.8 Å². The monoisotopic (exact) mass is 429 g/mol. The van der Waals surface area contributed by atoms with Crippen LogP contribution in [0.3, 0.4) is 0 Å². The summed E-state index contributed by atoms with van der Waals surface area (Å²) in [6, 6.07) is 6.60. The van der Waals surface area contributed by atoms with E-state index in [9.17, 15) is 23.7 Å². The molecule has 9 heteroatoms. The molecule has 0 aromatic heterocycles. The van der Waals surface area contributed by atoms with Crippen LogP contribution >= 0.6 is 0 Å². The SMILES string of the molecule is Cc1ccc(S(=O)(=O)N2CCCC2CC(C)OC2O[C@H](C)[C@H](O)[C@H](O)[C@H]2O)cc1. The maximum absolute atomic E-state index is 13.1. The first kappa shape index (κ1) is 22.6. The molecule has 29 heavy (non-hydrogen) atoms. The average molecular weight is 430 g/mol. The van der Waals surface area contributed by atoms with E-state index in [-0.39, 0.29) is 10.9 Å². The van der Waals surface area contributed by atoms with Crippen LogP contribution in [0.15, 0.2) is 29.2 Å². The molecule has 7 atom stereocenters. The van der Waals surface area contributed by atoms with Gasteiger partial charge in [-0.15, -0.1) is 0 Å². The Balaban J connectivity index is 1.65. The molecule has 8 nitrogen and oxygen atoms in total. The molecule has 2 aliphatic heterocycles. The Morgan fingerprint density at radius 3 is 2.48 bits per heavy atom. The maximum Gasteiger partial charge on any atom is 0.243 e. The van der Waals surface area contributed by atoms with E-state index >= 15 is 0 Å². The van der Waals surface area contributed by atoms with Crippen LogP contribution in [-0.4, -0.2) is 77.4 Å². The highest BCUT2D eigenvalue weighted by Gasteiger charge is 2.43. The summed E-state index contributed by atoms with van der Waals surface area (Å²) in [5, 5.41) is 29.8. The van der Waals surface area contributed by atoms with Crippen molar-refractivity contribution in [3.8, 4) is 0 Å². The molecule has 1 aromatic carbocycles. The quantitative estimate of drug-likeness (QED) is 0.612. The molecule has 1 aromatic rings. The lowest BCUT2D eigenvalue weighted by molar-refractivity contribution is -0.303. The molecule has 0 saturated carbocycles. The van der Waals surface area contributed by atoms with Gasteiger partial charge in [-0.05, 0) is 52.2 Å². The molecule has 3 unspecified atom stereocenters. The molecule has 164 valence electrons. The van der Waals surface area contributed by atoms with E-state index in [1.807, 2.05) is 6.92 Å². The van der Waals surface area contributed by atoms with Crippen LogP contribution in [0.4, 0.5) is 0 Å². The summed E-state index contributed by atoms with van der Waals surface area (Å²) in [5.41, 5.74) is 0.997. The fraction of sp³-hybridized carbons (Fsp3) is 0.700. The van der Waals surface area contributed by atoms with Crippen molar-refractivity contribution in [2.75, 3.05) is 6.54 Å². The van der Waals surface area contributed by atoms with Crippen LogP contribution < -0.4 is 0 Å². The van der Waals surface area contributed by atoms with Crippen LogP contribution in [0.1, 0.15) is 38.7 Å². The van der Waals surface area contributed by atoms with Gasteiger partial charge >= 0.3 is 0 Å². The standard InChI is InChI=1S/C20H31NO7S/c1-12-6-8-16(9-7-12)29(25,26)21-10-4-5-15(21)11-13(2)27-20-19(24)18(23)17(22)14(3)28-20/h6-9,13-15,17-20,22-24H,4-5,10-11H2,1-3H3/t13?,14-,15?,17+,18+,19-,20?/m1/s1. The Morgan fingerprint density at radius 2 is 1.83 bits per heavy atom. The average Bonchev–Trinajstić information content (AvgIpc) is 3.13. The zero-order valence-electron chi connectivity index (χ0n) is 17.0. The lowest BCUT2D eigenvalue weighted by Gasteiger charge is -2.40. The van der Waals surface area contributed by atoms with Crippen LogP contribution in [-0.2, 0) is 19.5 Å². The summed E-state index contributed by atoms with van der Waals surface area (Å²) >= 11 is 0. The van der Waals surface area contributed by atoms with Gasteiger partial charge in [-0.25, -0.2) is 8.42 Å². The fourth-order valence-electron chi connectivity index (χ4n) is 4.00. The molecule has 2 heterocycles. The molecular formula is C20H31NO7S. The zero-order chi connectivity index (χ0) is 21.3. The van der Waals surface area contributed by atoms with Gasteiger partial charge in [0.2, 0.25) is 10.0 Å². The third-order valence-electron chi connectivity index (χ3n) is 5.73. The van der Waals surface area contributed by atoms with Crippen molar-refractivity contribution in [3.05, 3.63) is 29.8 Å². The summed E-state index contributed by atoms with van der Waals surface area (Å²) in [7, 11) is -3.59. The molecule has 0 spiro atoms. The number of ether oxygens (including phenoxy) is 2. The van der Waals surface area contributed by atoms with Gasteiger partial charge in [0.15, 0.2) is 6.29 Å². The molecule has 2 aliphatic rings. The number of hydrogen-bond acceptors (Lipinski definition) is 7. The van der Waals surface area contributed by atoms with Crippen molar-refractivity contribution in [1.29, 1.82) is 0 Å². The van der Waals surface area contributed by atoms with Gasteiger partial charge in [0.1, 0.15) is 18.3 Å². The first-order valence-electron chi connectivity index (χ1n) is 10.0. The van der Waals surface area contributed by atoms with Gasteiger partial charge in [-0.1, -0.05) is 17.7 Å². The number of rotatable bonds is 6. The predicted octanol–water partition coefficient (Wildman–Crippen LogP) is 0.771. The highest BCUT2D eigenvalue weighted by molar-refractivity contribution is 7.89. The number of aryl methyl sites for hydroxylation is 1. The van der Waals surface area contributed by atoms with Crippen LogP contribution in [0.5, 0.6) is 0 Å². The lowest BCUT2D eigenvalue weighted by Crippen LogP contribution is -2.58. The summed E-state index contributed by atoms with van der Waals surface area (Å²) < 4.78 is 38.9. The minimum absolute atomic E-state index is 0.218. The Kier molecular flexibility index (Phi) is 6.99. The number of aliphatic hydroxyl groups is 3. The van der Waals surface area contributed by atoms with Crippen molar-refractivity contribution in [2.24, 2.45) is 0 Å². The Hall–Kier alpha value is -1.07. The zero-order valence-corrected chi connectivity index (χ0v) is 17.8. The number of nitrogens with zero attached hydrogens (tertiary/aromatic N) is 1. The Bertz CT molecular complexity index is 785. The summed E-state index contributed by atoms with van der Waals surface area (Å²) in [6.07, 6.45) is -4.17. The van der Waals surface area contributed by atoms with E-state index in [1.165, 1.54) is 4.31 Å². The highest BCUT2D eigenvalue weighted by atomic mass is 32.2. The van der Waals surface area contributed by atoms with E-state index < -0.39 is 46.8 Å². The van der Waals surface area contributed by atoms with E-state index in [0.29, 0.717) is 13.0 Å². The number of benzene rings is 1. The van der Waals surface area contributed by atoms with E-state index in [1.54, 1.807) is 38.1 Å². The minimum Gasteiger partial charge on any atom is -0.388 e. The highest BCUT2D eigenvalue weighted by Crippen LogP contribution is 2.30. The second kappa shape index (κ2) is 8.97. The molecule has 0 bridgehead atoms. The molecule has 0 aliphatic carbocycles. The van der Waals surface area contributed by atoms with Crippen LogP contribution in [0, 0.1) is 6.92 Å². The topological polar surface area (TPSA) is 117 Å². The van der Waals surface area contributed by atoms with Gasteiger partial charge in [0.25, 0.3) is 0 Å². The lowest BCUT2D eigenvalue weighted by atomic mass is 10.00. The summed E-state index contributed by atoms with van der Waals surface area (Å²) in [6.45, 7) is 5.74.